The summed E-state index contributed by atoms with van der Waals surface area (Å²) >= 11 is 0. The van der Waals surface area contributed by atoms with Gasteiger partial charge >= 0.3 is 0 Å². The zero-order chi connectivity index (χ0) is 17.9. The van der Waals surface area contributed by atoms with Crippen LogP contribution in [0.25, 0.3) is 5.69 Å². The maximum atomic E-state index is 14.4. The van der Waals surface area contributed by atoms with Crippen LogP contribution >= 0.6 is 0 Å². The second-order valence-corrected chi connectivity index (χ2v) is 6.85. The van der Waals surface area contributed by atoms with Gasteiger partial charge in [-0.3, -0.25) is 4.79 Å². The third-order valence-corrected chi connectivity index (χ3v) is 4.98. The van der Waals surface area contributed by atoms with Gasteiger partial charge in [0, 0.05) is 25.4 Å². The van der Waals surface area contributed by atoms with Gasteiger partial charge in [0.1, 0.15) is 6.10 Å². The third-order valence-electron chi connectivity index (χ3n) is 4.98. The van der Waals surface area contributed by atoms with Crippen molar-refractivity contribution in [2.45, 2.75) is 31.8 Å². The van der Waals surface area contributed by atoms with Crippen molar-refractivity contribution in [3.8, 4) is 11.4 Å². The number of ether oxygens (including phenoxy) is 1. The molecule has 0 radical (unpaired) electrons. The molecule has 138 valence electrons. The SMILES string of the molecule is O=C(c1cnn(-c2ccc(OC3CCNCC3)c(F)c2)c1)N1CCCC1. The average molecular weight is 358 g/mol. The van der Waals surface area contributed by atoms with Crippen LogP contribution in [0.1, 0.15) is 36.0 Å². The van der Waals surface area contributed by atoms with Gasteiger partial charge in [0.15, 0.2) is 11.6 Å². The number of nitrogens with zero attached hydrogens (tertiary/aromatic N) is 3. The molecule has 1 N–H and O–H groups in total. The van der Waals surface area contributed by atoms with E-state index in [-0.39, 0.29) is 17.8 Å². The number of halogens is 1. The Labute approximate surface area is 151 Å². The van der Waals surface area contributed by atoms with Crippen molar-refractivity contribution in [3.63, 3.8) is 0 Å². The van der Waals surface area contributed by atoms with Crippen LogP contribution in [0.4, 0.5) is 4.39 Å². The minimum atomic E-state index is -0.413. The lowest BCUT2D eigenvalue weighted by atomic mass is 10.1. The predicted molar refractivity (Wildman–Crippen MR) is 95.2 cm³/mol. The molecule has 1 aromatic heterocycles. The van der Waals surface area contributed by atoms with Gasteiger partial charge in [0.25, 0.3) is 5.91 Å². The lowest BCUT2D eigenvalue weighted by molar-refractivity contribution is 0.0793. The van der Waals surface area contributed by atoms with Gasteiger partial charge in [-0.25, -0.2) is 9.07 Å². The van der Waals surface area contributed by atoms with Crippen LogP contribution in [0.2, 0.25) is 0 Å². The van der Waals surface area contributed by atoms with Gasteiger partial charge < -0.3 is 15.0 Å². The molecule has 2 fully saturated rings. The Balaban J connectivity index is 1.47. The smallest absolute Gasteiger partial charge is 0.257 e. The summed E-state index contributed by atoms with van der Waals surface area (Å²) in [6.45, 7) is 3.37. The molecule has 2 aromatic rings. The minimum absolute atomic E-state index is 0.0138. The van der Waals surface area contributed by atoms with E-state index in [0.717, 1.165) is 51.9 Å². The highest BCUT2D eigenvalue weighted by atomic mass is 19.1. The Hall–Kier alpha value is -2.41. The van der Waals surface area contributed by atoms with Crippen LogP contribution in [0.15, 0.2) is 30.6 Å². The molecule has 1 aromatic carbocycles. The van der Waals surface area contributed by atoms with Crippen molar-refractivity contribution < 1.29 is 13.9 Å². The Morgan fingerprint density at radius 3 is 2.73 bits per heavy atom. The Morgan fingerprint density at radius 1 is 1.23 bits per heavy atom. The number of hydrogen-bond donors (Lipinski definition) is 1. The van der Waals surface area contributed by atoms with E-state index >= 15 is 0 Å². The molecule has 0 unspecified atom stereocenters. The van der Waals surface area contributed by atoms with Crippen LogP contribution in [0.3, 0.4) is 0 Å². The molecule has 0 atom stereocenters. The number of piperidine rings is 1. The van der Waals surface area contributed by atoms with Crippen molar-refractivity contribution in [1.29, 1.82) is 0 Å². The number of hydrogen-bond acceptors (Lipinski definition) is 4. The third kappa shape index (κ3) is 3.58. The van der Waals surface area contributed by atoms with Gasteiger partial charge in [-0.05, 0) is 50.9 Å². The zero-order valence-electron chi connectivity index (χ0n) is 14.7. The van der Waals surface area contributed by atoms with Gasteiger partial charge in [0.2, 0.25) is 0 Å². The molecule has 0 saturated carbocycles. The fraction of sp³-hybridized carbons (Fsp3) is 0.474. The Bertz CT molecular complexity index is 780. The second kappa shape index (κ2) is 7.45. The molecular weight excluding hydrogens is 335 g/mol. The average Bonchev–Trinajstić information content (AvgIpc) is 3.36. The number of rotatable bonds is 4. The first kappa shape index (κ1) is 17.0. The fourth-order valence-electron chi connectivity index (χ4n) is 3.50. The quantitative estimate of drug-likeness (QED) is 0.912. The van der Waals surface area contributed by atoms with E-state index in [4.69, 9.17) is 4.74 Å². The van der Waals surface area contributed by atoms with Crippen molar-refractivity contribution in [1.82, 2.24) is 20.0 Å². The number of amides is 1. The predicted octanol–water partition coefficient (Wildman–Crippen LogP) is 2.38. The van der Waals surface area contributed by atoms with E-state index in [1.807, 2.05) is 4.90 Å². The first-order chi connectivity index (χ1) is 12.7. The summed E-state index contributed by atoms with van der Waals surface area (Å²) in [7, 11) is 0. The van der Waals surface area contributed by atoms with Gasteiger partial charge in [0.05, 0.1) is 17.4 Å². The molecule has 1 amide bonds. The first-order valence-electron chi connectivity index (χ1n) is 9.22. The van der Waals surface area contributed by atoms with Gasteiger partial charge in [-0.15, -0.1) is 0 Å². The van der Waals surface area contributed by atoms with Crippen LogP contribution in [0, 0.1) is 5.82 Å². The normalized spacial score (nSPS) is 18.3. The van der Waals surface area contributed by atoms with Gasteiger partial charge in [-0.1, -0.05) is 0 Å². The molecule has 4 rings (SSSR count). The Morgan fingerprint density at radius 2 is 2.00 bits per heavy atom. The van der Waals surface area contributed by atoms with E-state index in [2.05, 4.69) is 10.4 Å². The summed E-state index contributed by atoms with van der Waals surface area (Å²) in [6, 6.07) is 4.79. The van der Waals surface area contributed by atoms with Crippen LogP contribution in [-0.4, -0.2) is 52.9 Å². The van der Waals surface area contributed by atoms with E-state index in [9.17, 15) is 9.18 Å². The van der Waals surface area contributed by atoms with Crippen molar-refractivity contribution in [3.05, 3.63) is 42.0 Å². The second-order valence-electron chi connectivity index (χ2n) is 6.85. The summed E-state index contributed by atoms with van der Waals surface area (Å²) < 4.78 is 21.8. The number of carbonyl (C=O) groups excluding carboxylic acids is 1. The summed E-state index contributed by atoms with van der Waals surface area (Å²) in [5.74, 6) is -0.162. The largest absolute Gasteiger partial charge is 0.487 e. The van der Waals surface area contributed by atoms with Crippen molar-refractivity contribution in [2.24, 2.45) is 0 Å². The van der Waals surface area contributed by atoms with Crippen LogP contribution in [0.5, 0.6) is 5.75 Å². The van der Waals surface area contributed by atoms with Crippen LogP contribution < -0.4 is 10.1 Å². The molecule has 2 aliphatic rings. The van der Waals surface area contributed by atoms with Gasteiger partial charge in [-0.2, -0.15) is 5.10 Å². The topological polar surface area (TPSA) is 59.4 Å². The monoisotopic (exact) mass is 358 g/mol. The molecule has 3 heterocycles. The van der Waals surface area contributed by atoms with E-state index < -0.39 is 5.82 Å². The highest BCUT2D eigenvalue weighted by Crippen LogP contribution is 2.24. The molecule has 0 spiro atoms. The summed E-state index contributed by atoms with van der Waals surface area (Å²) in [6.07, 6.45) is 7.09. The number of carbonyl (C=O) groups is 1. The minimum Gasteiger partial charge on any atom is -0.487 e. The van der Waals surface area contributed by atoms with Crippen LogP contribution in [-0.2, 0) is 0 Å². The highest BCUT2D eigenvalue weighted by Gasteiger charge is 2.21. The maximum absolute atomic E-state index is 14.4. The summed E-state index contributed by atoms with van der Waals surface area (Å²) in [5, 5.41) is 7.48. The fourth-order valence-corrected chi connectivity index (χ4v) is 3.50. The Kier molecular flexibility index (Phi) is 4.88. The first-order valence-corrected chi connectivity index (χ1v) is 9.22. The summed E-state index contributed by atoms with van der Waals surface area (Å²) in [4.78, 5) is 14.2. The molecule has 6 nitrogen and oxygen atoms in total. The molecule has 2 saturated heterocycles. The molecule has 7 heteroatoms. The summed E-state index contributed by atoms with van der Waals surface area (Å²) in [5.41, 5.74) is 1.10. The number of benzene rings is 1. The molecule has 0 aliphatic carbocycles. The number of nitrogens with one attached hydrogen (secondary N) is 1. The number of aromatic nitrogens is 2. The maximum Gasteiger partial charge on any atom is 0.257 e. The standard InChI is InChI=1S/C19H23FN4O2/c20-17-11-15(3-4-18(17)26-16-5-7-21-8-6-16)24-13-14(12-22-24)19(25)23-9-1-2-10-23/h3-4,11-13,16,21H,1-2,5-10H2. The number of likely N-dealkylation sites (tertiary alicyclic amines) is 1. The lowest BCUT2D eigenvalue weighted by Crippen LogP contribution is -2.34. The lowest BCUT2D eigenvalue weighted by Gasteiger charge is -2.24. The van der Waals surface area contributed by atoms with E-state index in [0.29, 0.717) is 11.3 Å². The molecule has 26 heavy (non-hydrogen) atoms. The molecule has 2 aliphatic heterocycles. The van der Waals surface area contributed by atoms with E-state index in [1.165, 1.54) is 16.9 Å². The van der Waals surface area contributed by atoms with E-state index in [1.54, 1.807) is 18.3 Å². The van der Waals surface area contributed by atoms with Crippen molar-refractivity contribution in [2.75, 3.05) is 26.2 Å². The van der Waals surface area contributed by atoms with Crippen molar-refractivity contribution >= 4 is 5.91 Å². The zero-order valence-corrected chi connectivity index (χ0v) is 14.7. The molecular formula is C19H23FN4O2. The highest BCUT2D eigenvalue weighted by molar-refractivity contribution is 5.94. The molecule has 0 bridgehead atoms.